The predicted molar refractivity (Wildman–Crippen MR) is 49.8 cm³/mol. The first-order chi connectivity index (χ1) is 6.16. The van der Waals surface area contributed by atoms with E-state index in [1.165, 1.54) is 5.56 Å². The first-order valence-corrected chi connectivity index (χ1v) is 4.47. The molecule has 1 heterocycles. The molecule has 0 aliphatic carbocycles. The third-order valence-electron chi connectivity index (χ3n) is 2.30. The molecule has 1 aromatic carbocycles. The van der Waals surface area contributed by atoms with Gasteiger partial charge in [-0.15, -0.1) is 0 Å². The summed E-state index contributed by atoms with van der Waals surface area (Å²) in [5.74, 6) is -0.186. The van der Waals surface area contributed by atoms with Crippen LogP contribution in [0.5, 0.6) is 0 Å². The van der Waals surface area contributed by atoms with E-state index in [-0.39, 0.29) is 12.1 Å². The molecule has 0 N–H and O–H groups in total. The Bertz CT molecular complexity index is 355. The Morgan fingerprint density at radius 1 is 1.46 bits per heavy atom. The molecular formula is C11H12O2. The molecule has 0 saturated heterocycles. The number of benzene rings is 1. The van der Waals surface area contributed by atoms with E-state index in [1.54, 1.807) is 0 Å². The summed E-state index contributed by atoms with van der Waals surface area (Å²) in [6.45, 7) is 3.95. The van der Waals surface area contributed by atoms with Crippen molar-refractivity contribution in [3.05, 3.63) is 34.9 Å². The number of fused-ring (bicyclic) bond motifs is 1. The smallest absolute Gasteiger partial charge is 0.338 e. The minimum atomic E-state index is -0.186. The van der Waals surface area contributed by atoms with Gasteiger partial charge in [0.1, 0.15) is 6.10 Å². The highest BCUT2D eigenvalue weighted by atomic mass is 16.5. The zero-order chi connectivity index (χ0) is 9.42. The van der Waals surface area contributed by atoms with Crippen LogP contribution in [0.3, 0.4) is 0 Å². The maximum Gasteiger partial charge on any atom is 0.338 e. The zero-order valence-corrected chi connectivity index (χ0v) is 7.83. The van der Waals surface area contributed by atoms with Gasteiger partial charge in [0.05, 0.1) is 5.56 Å². The van der Waals surface area contributed by atoms with Gasteiger partial charge in [0.15, 0.2) is 0 Å². The molecule has 0 amide bonds. The van der Waals surface area contributed by atoms with Gasteiger partial charge >= 0.3 is 5.97 Å². The molecule has 0 spiro atoms. The quantitative estimate of drug-likeness (QED) is 0.566. The van der Waals surface area contributed by atoms with Gasteiger partial charge in [-0.2, -0.15) is 0 Å². The van der Waals surface area contributed by atoms with Crippen LogP contribution in [0.15, 0.2) is 18.2 Å². The predicted octanol–water partition coefficient (Wildman–Crippen LogP) is 2.10. The highest BCUT2D eigenvalue weighted by Crippen LogP contribution is 2.21. The molecule has 1 aromatic rings. The number of aryl methyl sites for hydroxylation is 1. The van der Waals surface area contributed by atoms with Gasteiger partial charge in [0, 0.05) is 6.42 Å². The SMILES string of the molecule is Cc1ccc2c(c1)CC(C)OC2=O. The number of carbonyl (C=O) groups is 1. The molecule has 68 valence electrons. The minimum Gasteiger partial charge on any atom is -0.459 e. The molecule has 2 heteroatoms. The van der Waals surface area contributed by atoms with Crippen LogP contribution in [-0.4, -0.2) is 12.1 Å². The number of hydrogen-bond donors (Lipinski definition) is 0. The number of rotatable bonds is 0. The lowest BCUT2D eigenvalue weighted by Crippen LogP contribution is -2.25. The molecule has 1 aliphatic heterocycles. The van der Waals surface area contributed by atoms with Crippen molar-refractivity contribution in [2.75, 3.05) is 0 Å². The monoisotopic (exact) mass is 176 g/mol. The number of carbonyl (C=O) groups excluding carboxylic acids is 1. The number of hydrogen-bond acceptors (Lipinski definition) is 2. The van der Waals surface area contributed by atoms with Gasteiger partial charge in [-0.05, 0) is 25.5 Å². The van der Waals surface area contributed by atoms with E-state index < -0.39 is 0 Å². The summed E-state index contributed by atoms with van der Waals surface area (Å²) >= 11 is 0. The molecule has 0 radical (unpaired) electrons. The van der Waals surface area contributed by atoms with E-state index in [2.05, 4.69) is 6.07 Å². The van der Waals surface area contributed by atoms with Gasteiger partial charge in [-0.1, -0.05) is 17.7 Å². The van der Waals surface area contributed by atoms with Gasteiger partial charge in [-0.3, -0.25) is 0 Å². The molecule has 13 heavy (non-hydrogen) atoms. The molecule has 0 fully saturated rings. The summed E-state index contributed by atoms with van der Waals surface area (Å²) in [7, 11) is 0. The fraction of sp³-hybridized carbons (Fsp3) is 0.364. The summed E-state index contributed by atoms with van der Waals surface area (Å²) < 4.78 is 5.11. The highest BCUT2D eigenvalue weighted by Gasteiger charge is 2.22. The molecule has 2 nitrogen and oxygen atoms in total. The van der Waals surface area contributed by atoms with E-state index in [0.29, 0.717) is 0 Å². The Kier molecular flexibility index (Phi) is 1.83. The number of ether oxygens (including phenoxy) is 1. The topological polar surface area (TPSA) is 26.3 Å². The van der Waals surface area contributed by atoms with E-state index >= 15 is 0 Å². The van der Waals surface area contributed by atoms with Crippen molar-refractivity contribution in [3.8, 4) is 0 Å². The fourth-order valence-electron chi connectivity index (χ4n) is 1.69. The Morgan fingerprint density at radius 3 is 3.00 bits per heavy atom. The maximum atomic E-state index is 11.4. The Hall–Kier alpha value is -1.31. The first kappa shape index (κ1) is 8.30. The zero-order valence-electron chi connectivity index (χ0n) is 7.83. The normalized spacial score (nSPS) is 20.8. The maximum absolute atomic E-state index is 11.4. The Labute approximate surface area is 77.5 Å². The lowest BCUT2D eigenvalue weighted by molar-refractivity contribution is 0.0301. The molecule has 1 aliphatic rings. The first-order valence-electron chi connectivity index (χ1n) is 4.47. The van der Waals surface area contributed by atoms with Crippen molar-refractivity contribution in [3.63, 3.8) is 0 Å². The van der Waals surface area contributed by atoms with Crippen LogP contribution in [0.1, 0.15) is 28.4 Å². The lowest BCUT2D eigenvalue weighted by Gasteiger charge is -2.21. The van der Waals surface area contributed by atoms with Gasteiger partial charge in [0.2, 0.25) is 0 Å². The van der Waals surface area contributed by atoms with Crippen molar-refractivity contribution < 1.29 is 9.53 Å². The van der Waals surface area contributed by atoms with Gasteiger partial charge in [0.25, 0.3) is 0 Å². The van der Waals surface area contributed by atoms with Crippen molar-refractivity contribution in [1.82, 2.24) is 0 Å². The largest absolute Gasteiger partial charge is 0.459 e. The van der Waals surface area contributed by atoms with Gasteiger partial charge < -0.3 is 4.74 Å². The van der Waals surface area contributed by atoms with Crippen molar-refractivity contribution in [2.45, 2.75) is 26.4 Å². The molecule has 0 aromatic heterocycles. The van der Waals surface area contributed by atoms with E-state index in [9.17, 15) is 4.79 Å². The van der Waals surface area contributed by atoms with Crippen LogP contribution in [-0.2, 0) is 11.2 Å². The second-order valence-corrected chi connectivity index (χ2v) is 3.58. The second-order valence-electron chi connectivity index (χ2n) is 3.58. The molecular weight excluding hydrogens is 164 g/mol. The van der Waals surface area contributed by atoms with E-state index in [0.717, 1.165) is 17.5 Å². The van der Waals surface area contributed by atoms with Crippen molar-refractivity contribution >= 4 is 5.97 Å². The van der Waals surface area contributed by atoms with Crippen LogP contribution >= 0.6 is 0 Å². The summed E-state index contributed by atoms with van der Waals surface area (Å²) in [5.41, 5.74) is 3.04. The van der Waals surface area contributed by atoms with Crippen molar-refractivity contribution in [1.29, 1.82) is 0 Å². The molecule has 0 bridgehead atoms. The molecule has 0 saturated carbocycles. The third kappa shape index (κ3) is 1.44. The Balaban J connectivity index is 2.49. The second kappa shape index (κ2) is 2.87. The number of cyclic esters (lactones) is 1. The lowest BCUT2D eigenvalue weighted by atomic mass is 9.97. The third-order valence-corrected chi connectivity index (χ3v) is 2.30. The molecule has 1 unspecified atom stereocenters. The molecule has 2 rings (SSSR count). The minimum absolute atomic E-state index is 0.0156. The van der Waals surface area contributed by atoms with Crippen molar-refractivity contribution in [2.24, 2.45) is 0 Å². The summed E-state index contributed by atoms with van der Waals surface area (Å²) in [6.07, 6.45) is 0.852. The van der Waals surface area contributed by atoms with Crippen LogP contribution in [0.4, 0.5) is 0 Å². The van der Waals surface area contributed by atoms with Gasteiger partial charge in [-0.25, -0.2) is 4.79 Å². The number of esters is 1. The average molecular weight is 176 g/mol. The van der Waals surface area contributed by atoms with E-state index in [4.69, 9.17) is 4.74 Å². The molecule has 1 atom stereocenters. The highest BCUT2D eigenvalue weighted by molar-refractivity contribution is 5.92. The summed E-state index contributed by atoms with van der Waals surface area (Å²) in [5, 5.41) is 0. The fourth-order valence-corrected chi connectivity index (χ4v) is 1.69. The van der Waals surface area contributed by atoms with E-state index in [1.807, 2.05) is 26.0 Å². The average Bonchev–Trinajstić information content (AvgIpc) is 2.02. The standard InChI is InChI=1S/C11H12O2/c1-7-3-4-10-9(5-7)6-8(2)13-11(10)12/h3-5,8H,6H2,1-2H3. The van der Waals surface area contributed by atoms with Crippen LogP contribution in [0, 0.1) is 6.92 Å². The summed E-state index contributed by atoms with van der Waals surface area (Å²) in [6, 6.07) is 5.85. The van der Waals surface area contributed by atoms with Crippen LogP contribution in [0.25, 0.3) is 0 Å². The van der Waals surface area contributed by atoms with Crippen LogP contribution in [0.2, 0.25) is 0 Å². The van der Waals surface area contributed by atoms with Crippen LogP contribution < -0.4 is 0 Å². The Morgan fingerprint density at radius 2 is 2.23 bits per heavy atom. The summed E-state index contributed by atoms with van der Waals surface area (Å²) in [4.78, 5) is 11.4.